The molecule has 0 aliphatic rings. The zero-order valence-electron chi connectivity index (χ0n) is 9.96. The predicted octanol–water partition coefficient (Wildman–Crippen LogP) is 3.77. The average molecular weight is 250 g/mol. The van der Waals surface area contributed by atoms with Crippen LogP contribution >= 0.6 is 11.3 Å². The van der Waals surface area contributed by atoms with E-state index in [0.29, 0.717) is 0 Å². The van der Waals surface area contributed by atoms with Crippen LogP contribution in [0.5, 0.6) is 0 Å². The number of benzene rings is 1. The van der Waals surface area contributed by atoms with Crippen LogP contribution in [0.25, 0.3) is 0 Å². The molecule has 0 radical (unpaired) electrons. The van der Waals surface area contributed by atoms with Gasteiger partial charge in [0, 0.05) is 16.8 Å². The Labute approximate surface area is 105 Å². The smallest absolute Gasteiger partial charge is 0.123 e. The lowest BCUT2D eigenvalue weighted by Gasteiger charge is -2.07. The van der Waals surface area contributed by atoms with Gasteiger partial charge in [-0.3, -0.25) is 0 Å². The summed E-state index contributed by atoms with van der Waals surface area (Å²) in [7, 11) is 0. The molecule has 1 N–H and O–H groups in total. The molecule has 0 amide bonds. The van der Waals surface area contributed by atoms with E-state index in [1.807, 2.05) is 13.1 Å². The van der Waals surface area contributed by atoms with Crippen LogP contribution in [-0.2, 0) is 13.0 Å². The van der Waals surface area contributed by atoms with Gasteiger partial charge in [-0.05, 0) is 37.1 Å². The Bertz CT molecular complexity index is 508. The van der Waals surface area contributed by atoms with Crippen molar-refractivity contribution < 1.29 is 4.39 Å². The van der Waals surface area contributed by atoms with Crippen LogP contribution in [0.4, 0.5) is 10.1 Å². The summed E-state index contributed by atoms with van der Waals surface area (Å²) in [5, 5.41) is 4.45. The van der Waals surface area contributed by atoms with Crippen LogP contribution in [0.2, 0.25) is 0 Å². The van der Waals surface area contributed by atoms with Crippen molar-refractivity contribution in [3.8, 4) is 0 Å². The molecular weight excluding hydrogens is 235 g/mol. The van der Waals surface area contributed by atoms with E-state index in [2.05, 4.69) is 17.2 Å². The lowest BCUT2D eigenvalue weighted by molar-refractivity contribution is 0.627. The van der Waals surface area contributed by atoms with Crippen molar-refractivity contribution in [1.29, 1.82) is 0 Å². The fraction of sp³-hybridized carbons (Fsp3) is 0.308. The summed E-state index contributed by atoms with van der Waals surface area (Å²) >= 11 is 1.71. The van der Waals surface area contributed by atoms with Crippen LogP contribution in [0.1, 0.15) is 22.4 Å². The van der Waals surface area contributed by atoms with Crippen LogP contribution in [0.15, 0.2) is 24.4 Å². The highest BCUT2D eigenvalue weighted by Gasteiger charge is 2.02. The molecule has 0 spiro atoms. The standard InChI is InChI=1S/C13H15FN2S/c1-3-13-16-8-11(17-13)7-15-12-5-4-10(14)6-9(12)2/h4-6,8,15H,3,7H2,1-2H3. The monoisotopic (exact) mass is 250 g/mol. The van der Waals surface area contributed by atoms with Gasteiger partial charge in [-0.1, -0.05) is 6.92 Å². The Balaban J connectivity index is 2.02. The third-order valence-electron chi connectivity index (χ3n) is 2.55. The molecule has 1 heterocycles. The second-order valence-corrected chi connectivity index (χ2v) is 5.09. The topological polar surface area (TPSA) is 24.9 Å². The van der Waals surface area contributed by atoms with Gasteiger partial charge >= 0.3 is 0 Å². The molecule has 0 saturated heterocycles. The quantitative estimate of drug-likeness (QED) is 0.893. The summed E-state index contributed by atoms with van der Waals surface area (Å²) in [5.74, 6) is -0.195. The summed E-state index contributed by atoms with van der Waals surface area (Å²) in [4.78, 5) is 5.50. The summed E-state index contributed by atoms with van der Waals surface area (Å²) in [6.45, 7) is 4.74. The first kappa shape index (κ1) is 12.0. The third-order valence-corrected chi connectivity index (χ3v) is 3.69. The van der Waals surface area contributed by atoms with Gasteiger partial charge < -0.3 is 5.32 Å². The van der Waals surface area contributed by atoms with Crippen molar-refractivity contribution >= 4 is 17.0 Å². The first-order valence-corrected chi connectivity index (χ1v) is 6.44. The number of nitrogens with one attached hydrogen (secondary N) is 1. The van der Waals surface area contributed by atoms with E-state index in [1.54, 1.807) is 17.4 Å². The van der Waals surface area contributed by atoms with Crippen LogP contribution < -0.4 is 5.32 Å². The van der Waals surface area contributed by atoms with E-state index < -0.39 is 0 Å². The number of hydrogen-bond donors (Lipinski definition) is 1. The molecule has 0 fully saturated rings. The van der Waals surface area contributed by atoms with Gasteiger partial charge in [-0.15, -0.1) is 11.3 Å². The Morgan fingerprint density at radius 2 is 2.24 bits per heavy atom. The SMILES string of the molecule is CCc1ncc(CNc2ccc(F)cc2C)s1. The lowest BCUT2D eigenvalue weighted by atomic mass is 10.2. The molecule has 0 unspecified atom stereocenters. The second kappa shape index (κ2) is 5.27. The van der Waals surface area contributed by atoms with Gasteiger partial charge in [0.15, 0.2) is 0 Å². The van der Waals surface area contributed by atoms with Crippen LogP contribution in [0, 0.1) is 12.7 Å². The molecular formula is C13H15FN2S. The van der Waals surface area contributed by atoms with E-state index in [1.165, 1.54) is 17.0 Å². The summed E-state index contributed by atoms with van der Waals surface area (Å²) < 4.78 is 12.9. The van der Waals surface area contributed by atoms with E-state index in [9.17, 15) is 4.39 Å². The second-order valence-electron chi connectivity index (χ2n) is 3.89. The molecule has 2 rings (SSSR count). The van der Waals surface area contributed by atoms with Crippen molar-refractivity contribution in [3.05, 3.63) is 45.7 Å². The largest absolute Gasteiger partial charge is 0.380 e. The van der Waals surface area contributed by atoms with Crippen molar-refractivity contribution in [2.75, 3.05) is 5.32 Å². The number of rotatable bonds is 4. The molecule has 0 atom stereocenters. The number of nitrogens with zero attached hydrogens (tertiary/aromatic N) is 1. The Kier molecular flexibility index (Phi) is 3.74. The Hall–Kier alpha value is -1.42. The fourth-order valence-electron chi connectivity index (χ4n) is 1.60. The molecule has 2 aromatic rings. The minimum atomic E-state index is -0.195. The molecule has 17 heavy (non-hydrogen) atoms. The fourth-order valence-corrected chi connectivity index (χ4v) is 2.40. The minimum absolute atomic E-state index is 0.195. The highest BCUT2D eigenvalue weighted by Crippen LogP contribution is 2.19. The van der Waals surface area contributed by atoms with Gasteiger partial charge in [-0.25, -0.2) is 9.37 Å². The van der Waals surface area contributed by atoms with E-state index in [4.69, 9.17) is 0 Å². The van der Waals surface area contributed by atoms with Crippen molar-refractivity contribution in [3.63, 3.8) is 0 Å². The number of halogens is 1. The minimum Gasteiger partial charge on any atom is -0.380 e. The first-order chi connectivity index (χ1) is 8.19. The first-order valence-electron chi connectivity index (χ1n) is 5.62. The van der Waals surface area contributed by atoms with Crippen molar-refractivity contribution in [2.45, 2.75) is 26.8 Å². The molecule has 0 aliphatic heterocycles. The Morgan fingerprint density at radius 3 is 2.88 bits per heavy atom. The molecule has 1 aromatic heterocycles. The molecule has 90 valence electrons. The van der Waals surface area contributed by atoms with E-state index >= 15 is 0 Å². The van der Waals surface area contributed by atoms with E-state index in [-0.39, 0.29) is 5.82 Å². The number of hydrogen-bond acceptors (Lipinski definition) is 3. The number of anilines is 1. The highest BCUT2D eigenvalue weighted by atomic mass is 32.1. The van der Waals surface area contributed by atoms with Gasteiger partial charge in [0.1, 0.15) is 5.82 Å². The zero-order valence-corrected chi connectivity index (χ0v) is 10.8. The molecule has 0 saturated carbocycles. The third kappa shape index (κ3) is 3.03. The van der Waals surface area contributed by atoms with Crippen molar-refractivity contribution in [2.24, 2.45) is 0 Å². The molecule has 2 nitrogen and oxygen atoms in total. The maximum atomic E-state index is 12.9. The summed E-state index contributed by atoms with van der Waals surface area (Å²) in [6.07, 6.45) is 2.87. The Morgan fingerprint density at radius 1 is 1.41 bits per heavy atom. The predicted molar refractivity (Wildman–Crippen MR) is 70.0 cm³/mol. The lowest BCUT2D eigenvalue weighted by Crippen LogP contribution is -1.99. The summed E-state index contributed by atoms with van der Waals surface area (Å²) in [6, 6.07) is 4.78. The normalized spacial score (nSPS) is 10.5. The molecule has 0 bridgehead atoms. The number of thiazole rings is 1. The van der Waals surface area contributed by atoms with E-state index in [0.717, 1.165) is 29.2 Å². The molecule has 0 aliphatic carbocycles. The van der Waals surface area contributed by atoms with Gasteiger partial charge in [0.25, 0.3) is 0 Å². The zero-order chi connectivity index (χ0) is 12.3. The number of aryl methyl sites for hydroxylation is 2. The van der Waals surface area contributed by atoms with Gasteiger partial charge in [0.05, 0.1) is 11.6 Å². The maximum absolute atomic E-state index is 12.9. The van der Waals surface area contributed by atoms with Crippen LogP contribution in [-0.4, -0.2) is 4.98 Å². The highest BCUT2D eigenvalue weighted by molar-refractivity contribution is 7.11. The number of aromatic nitrogens is 1. The van der Waals surface area contributed by atoms with Crippen molar-refractivity contribution in [1.82, 2.24) is 4.98 Å². The maximum Gasteiger partial charge on any atom is 0.123 e. The van der Waals surface area contributed by atoms with Gasteiger partial charge in [-0.2, -0.15) is 0 Å². The van der Waals surface area contributed by atoms with Crippen LogP contribution in [0.3, 0.4) is 0 Å². The molecule has 4 heteroatoms. The molecule has 1 aromatic carbocycles. The summed E-state index contributed by atoms with van der Waals surface area (Å²) in [5.41, 5.74) is 1.89. The van der Waals surface area contributed by atoms with Gasteiger partial charge in [0.2, 0.25) is 0 Å². The average Bonchev–Trinajstić information content (AvgIpc) is 2.76.